The second-order valence-corrected chi connectivity index (χ2v) is 3.78. The number of amides is 1. The first-order valence-corrected chi connectivity index (χ1v) is 4.66. The van der Waals surface area contributed by atoms with Crippen LogP contribution in [0.4, 0.5) is 0 Å². The highest BCUT2D eigenvalue weighted by Gasteiger charge is 2.27. The van der Waals surface area contributed by atoms with Crippen LogP contribution in [0.3, 0.4) is 0 Å². The normalized spacial score (nSPS) is 24.0. The third-order valence-electron chi connectivity index (χ3n) is 2.61. The number of piperazine rings is 1. The largest absolute Gasteiger partial charge is 0.481 e. The van der Waals surface area contributed by atoms with E-state index in [4.69, 9.17) is 5.11 Å². The summed E-state index contributed by atoms with van der Waals surface area (Å²) in [5.74, 6) is -0.683. The third-order valence-corrected chi connectivity index (χ3v) is 2.61. The van der Waals surface area contributed by atoms with Crippen LogP contribution in [0.25, 0.3) is 0 Å². The average Bonchev–Trinajstić information content (AvgIpc) is 2.09. The van der Waals surface area contributed by atoms with E-state index >= 15 is 0 Å². The topological polar surface area (TPSA) is 60.9 Å². The van der Waals surface area contributed by atoms with Gasteiger partial charge in [-0.05, 0) is 13.5 Å². The van der Waals surface area contributed by atoms with Crippen LogP contribution in [-0.2, 0) is 9.59 Å². The predicted octanol–water partition coefficient (Wildman–Crippen LogP) is -0.376. The van der Waals surface area contributed by atoms with Gasteiger partial charge in [-0.25, -0.2) is 0 Å². The lowest BCUT2D eigenvalue weighted by Gasteiger charge is -2.37. The number of carbonyl (C=O) groups is 2. The molecule has 0 aliphatic carbocycles. The van der Waals surface area contributed by atoms with E-state index in [1.165, 1.54) is 0 Å². The highest BCUT2D eigenvalue weighted by atomic mass is 16.4. The molecule has 0 bridgehead atoms. The molecular formula is C9H16N2O3. The van der Waals surface area contributed by atoms with Crippen LogP contribution in [0.1, 0.15) is 12.8 Å². The number of hydrogen-bond donors (Lipinski definition) is 1. The van der Waals surface area contributed by atoms with E-state index in [-0.39, 0.29) is 18.4 Å². The first-order chi connectivity index (χ1) is 6.50. The van der Waals surface area contributed by atoms with Crippen molar-refractivity contribution in [3.8, 4) is 0 Å². The van der Waals surface area contributed by atoms with E-state index in [0.717, 1.165) is 0 Å². The molecule has 1 aliphatic rings. The Hall–Kier alpha value is -1.10. The van der Waals surface area contributed by atoms with Gasteiger partial charge >= 0.3 is 5.97 Å². The lowest BCUT2D eigenvalue weighted by atomic mass is 10.1. The molecule has 1 aliphatic heterocycles. The summed E-state index contributed by atoms with van der Waals surface area (Å²) >= 11 is 0. The predicted molar refractivity (Wildman–Crippen MR) is 50.9 cm³/mol. The van der Waals surface area contributed by atoms with E-state index in [1.54, 1.807) is 11.9 Å². The Labute approximate surface area is 83.3 Å². The molecule has 0 aromatic heterocycles. The minimum Gasteiger partial charge on any atom is -0.481 e. The maximum atomic E-state index is 11.3. The Kier molecular flexibility index (Phi) is 3.46. The molecule has 0 aromatic carbocycles. The lowest BCUT2D eigenvalue weighted by Crippen LogP contribution is -2.53. The summed E-state index contributed by atoms with van der Waals surface area (Å²) < 4.78 is 0. The standard InChI is InChI=1S/C9H16N2O3/c1-10-6-8(12)11(2)5-7(10)3-4-9(13)14/h7H,3-6H2,1-2H3,(H,13,14). The van der Waals surface area contributed by atoms with Crippen molar-refractivity contribution in [2.24, 2.45) is 0 Å². The fraction of sp³-hybridized carbons (Fsp3) is 0.778. The van der Waals surface area contributed by atoms with E-state index < -0.39 is 5.97 Å². The number of rotatable bonds is 3. The molecule has 0 radical (unpaired) electrons. The summed E-state index contributed by atoms with van der Waals surface area (Å²) in [7, 11) is 3.61. The molecule has 0 aromatic rings. The summed E-state index contributed by atoms with van der Waals surface area (Å²) in [6, 6.07) is 0.175. The number of carboxylic acids is 1. The van der Waals surface area contributed by atoms with E-state index in [0.29, 0.717) is 19.5 Å². The molecule has 80 valence electrons. The molecule has 14 heavy (non-hydrogen) atoms. The van der Waals surface area contributed by atoms with E-state index in [9.17, 15) is 9.59 Å². The molecule has 1 heterocycles. The summed E-state index contributed by atoms with van der Waals surface area (Å²) in [6.07, 6.45) is 0.764. The molecule has 1 saturated heterocycles. The fourth-order valence-corrected chi connectivity index (χ4v) is 1.62. The van der Waals surface area contributed by atoms with Crippen LogP contribution < -0.4 is 0 Å². The van der Waals surface area contributed by atoms with Gasteiger partial charge in [-0.1, -0.05) is 0 Å². The molecule has 5 heteroatoms. The van der Waals surface area contributed by atoms with Crippen LogP contribution in [0.15, 0.2) is 0 Å². The maximum Gasteiger partial charge on any atom is 0.303 e. The molecule has 1 unspecified atom stereocenters. The Morgan fingerprint density at radius 3 is 2.79 bits per heavy atom. The van der Waals surface area contributed by atoms with Gasteiger partial charge in [-0.15, -0.1) is 0 Å². The number of aliphatic carboxylic acids is 1. The quantitative estimate of drug-likeness (QED) is 0.675. The van der Waals surface area contributed by atoms with Gasteiger partial charge in [0, 0.05) is 26.1 Å². The van der Waals surface area contributed by atoms with Crippen molar-refractivity contribution in [1.29, 1.82) is 0 Å². The Bertz CT molecular complexity index is 242. The zero-order valence-electron chi connectivity index (χ0n) is 8.56. The van der Waals surface area contributed by atoms with E-state index in [2.05, 4.69) is 0 Å². The zero-order valence-corrected chi connectivity index (χ0v) is 8.56. The van der Waals surface area contributed by atoms with Crippen LogP contribution in [0.5, 0.6) is 0 Å². The maximum absolute atomic E-state index is 11.3. The number of hydrogen-bond acceptors (Lipinski definition) is 3. The van der Waals surface area contributed by atoms with Gasteiger partial charge in [0.15, 0.2) is 0 Å². The SMILES string of the molecule is CN1CC(CCC(=O)O)N(C)CC1=O. The Morgan fingerprint density at radius 2 is 2.21 bits per heavy atom. The molecule has 0 spiro atoms. The van der Waals surface area contributed by atoms with Crippen molar-refractivity contribution in [2.45, 2.75) is 18.9 Å². The van der Waals surface area contributed by atoms with Gasteiger partial charge in [-0.2, -0.15) is 0 Å². The first kappa shape index (κ1) is 11.0. The van der Waals surface area contributed by atoms with Crippen molar-refractivity contribution in [1.82, 2.24) is 9.80 Å². The number of nitrogens with zero attached hydrogens (tertiary/aromatic N) is 2. The van der Waals surface area contributed by atoms with Crippen LogP contribution in [0, 0.1) is 0 Å². The lowest BCUT2D eigenvalue weighted by molar-refractivity contribution is -0.138. The summed E-state index contributed by atoms with van der Waals surface area (Å²) in [5.41, 5.74) is 0. The molecule has 1 rings (SSSR count). The Morgan fingerprint density at radius 1 is 1.57 bits per heavy atom. The molecule has 1 fully saturated rings. The Balaban J connectivity index is 2.44. The minimum atomic E-state index is -0.780. The van der Waals surface area contributed by atoms with Crippen molar-refractivity contribution < 1.29 is 14.7 Å². The molecule has 1 N–H and O–H groups in total. The second-order valence-electron chi connectivity index (χ2n) is 3.78. The van der Waals surface area contributed by atoms with Crippen molar-refractivity contribution in [3.05, 3.63) is 0 Å². The highest BCUT2D eigenvalue weighted by Crippen LogP contribution is 2.12. The van der Waals surface area contributed by atoms with Gasteiger partial charge in [0.25, 0.3) is 0 Å². The minimum absolute atomic E-state index is 0.0964. The van der Waals surface area contributed by atoms with E-state index in [1.807, 2.05) is 11.9 Å². The van der Waals surface area contributed by atoms with Crippen LogP contribution >= 0.6 is 0 Å². The fourth-order valence-electron chi connectivity index (χ4n) is 1.62. The van der Waals surface area contributed by atoms with Gasteiger partial charge < -0.3 is 10.0 Å². The molecule has 1 atom stereocenters. The summed E-state index contributed by atoms with van der Waals surface area (Å²) in [6.45, 7) is 1.02. The molecule has 1 amide bonds. The first-order valence-electron chi connectivity index (χ1n) is 4.66. The smallest absolute Gasteiger partial charge is 0.303 e. The van der Waals surface area contributed by atoms with Crippen LogP contribution in [0.2, 0.25) is 0 Å². The van der Waals surface area contributed by atoms with Crippen molar-refractivity contribution in [3.63, 3.8) is 0 Å². The molecule has 5 nitrogen and oxygen atoms in total. The van der Waals surface area contributed by atoms with Gasteiger partial charge in [0.2, 0.25) is 5.91 Å². The molecule has 0 saturated carbocycles. The number of carboxylic acid groups (broad SMARTS) is 1. The average molecular weight is 200 g/mol. The van der Waals surface area contributed by atoms with Gasteiger partial charge in [-0.3, -0.25) is 14.5 Å². The van der Waals surface area contributed by atoms with Crippen molar-refractivity contribution >= 4 is 11.9 Å². The van der Waals surface area contributed by atoms with Gasteiger partial charge in [0.05, 0.1) is 6.54 Å². The van der Waals surface area contributed by atoms with Gasteiger partial charge in [0.1, 0.15) is 0 Å². The van der Waals surface area contributed by atoms with Crippen LogP contribution in [-0.4, -0.2) is 60.0 Å². The second kappa shape index (κ2) is 4.41. The summed E-state index contributed by atoms with van der Waals surface area (Å²) in [5, 5.41) is 8.55. The monoisotopic (exact) mass is 200 g/mol. The molecular weight excluding hydrogens is 184 g/mol. The highest BCUT2D eigenvalue weighted by molar-refractivity contribution is 5.78. The number of likely N-dealkylation sites (N-methyl/N-ethyl adjacent to an activating group) is 2. The summed E-state index contributed by atoms with van der Waals surface area (Å²) in [4.78, 5) is 25.2. The number of carbonyl (C=O) groups excluding carboxylic acids is 1. The third kappa shape index (κ3) is 2.70. The van der Waals surface area contributed by atoms with Crippen molar-refractivity contribution in [2.75, 3.05) is 27.2 Å². The zero-order chi connectivity index (χ0) is 10.7.